The summed E-state index contributed by atoms with van der Waals surface area (Å²) in [6, 6.07) is 50.0. The summed E-state index contributed by atoms with van der Waals surface area (Å²) in [5.74, 6) is 12.6. The zero-order valence-corrected chi connectivity index (χ0v) is 50.7. The fourth-order valence-corrected chi connectivity index (χ4v) is 10.6. The zero-order valence-electron chi connectivity index (χ0n) is 50.7. The van der Waals surface area contributed by atoms with E-state index in [1.807, 2.05) is 42.5 Å². The van der Waals surface area contributed by atoms with Gasteiger partial charge >= 0.3 is 36.6 Å². The number of anilines is 4. The summed E-state index contributed by atoms with van der Waals surface area (Å²) in [4.78, 5) is 77.5. The van der Waals surface area contributed by atoms with Crippen molar-refractivity contribution in [1.29, 1.82) is 0 Å². The minimum absolute atomic E-state index is 0. The molecule has 498 valence electrons. The quantitative estimate of drug-likeness (QED) is 0.0429. The molecule has 13 rings (SSSR count). The van der Waals surface area contributed by atoms with Gasteiger partial charge in [-0.2, -0.15) is 52.7 Å². The molecule has 0 unspecified atom stereocenters. The van der Waals surface area contributed by atoms with Crippen LogP contribution in [-0.2, 0) is 29.4 Å². The number of amides is 4. The fraction of sp³-hybridized carbons (Fsp3) is 0.0526. The maximum absolute atomic E-state index is 14.7. The first-order valence-corrected chi connectivity index (χ1v) is 29.0. The van der Waals surface area contributed by atoms with Crippen molar-refractivity contribution in [3.05, 3.63) is 307 Å². The first kappa shape index (κ1) is 69.8. The lowest BCUT2D eigenvalue weighted by Crippen LogP contribution is -2.30. The smallest absolute Gasteiger partial charge is 0.412 e. The van der Waals surface area contributed by atoms with Crippen molar-refractivity contribution in [2.45, 2.75) is 24.7 Å². The number of nitrogens with zero attached hydrogens (tertiary/aromatic N) is 2. The second-order valence-corrected chi connectivity index (χ2v) is 21.8. The highest BCUT2D eigenvalue weighted by Gasteiger charge is 2.44. The number of esters is 2. The molecule has 0 aromatic heterocycles. The van der Waals surface area contributed by atoms with Crippen LogP contribution < -0.4 is 21.3 Å². The molecule has 3 heterocycles. The van der Waals surface area contributed by atoms with E-state index in [9.17, 15) is 81.5 Å². The highest BCUT2D eigenvalue weighted by molar-refractivity contribution is 6.35. The van der Waals surface area contributed by atoms with E-state index in [0.717, 1.165) is 54.1 Å². The van der Waals surface area contributed by atoms with E-state index >= 15 is 0 Å². The van der Waals surface area contributed by atoms with Crippen LogP contribution in [0.15, 0.2) is 218 Å². The largest absolute Gasteiger partial charge is 0.417 e. The number of imide groups is 2. The Kier molecular flexibility index (Phi) is 19.3. The van der Waals surface area contributed by atoms with Crippen LogP contribution >= 0.6 is 0 Å². The van der Waals surface area contributed by atoms with Crippen LogP contribution in [0.4, 0.5) is 75.4 Å². The second-order valence-electron chi connectivity index (χ2n) is 21.8. The van der Waals surface area contributed by atoms with Crippen molar-refractivity contribution in [3.8, 4) is 57.8 Å². The van der Waals surface area contributed by atoms with E-state index < -0.39 is 116 Å². The van der Waals surface area contributed by atoms with Crippen molar-refractivity contribution < 1.29 is 91.7 Å². The average Bonchev–Trinajstić information content (AvgIpc) is 1.58. The maximum Gasteiger partial charge on any atom is 0.417 e. The van der Waals surface area contributed by atoms with E-state index in [2.05, 4.69) is 40.3 Å². The Bertz CT molecular complexity index is 4940. The van der Waals surface area contributed by atoms with E-state index in [1.165, 1.54) is 36.4 Å². The molecule has 4 amide bonds. The molecule has 3 aliphatic rings. The lowest BCUT2D eigenvalue weighted by Gasteiger charge is -2.22. The Hall–Kier alpha value is -13.0. The first-order valence-electron chi connectivity index (χ1n) is 29.0. The normalized spacial score (nSPS) is 12.9. The number of carbonyl (C=O) groups excluding carboxylic acids is 6. The molecule has 10 aromatic rings. The summed E-state index contributed by atoms with van der Waals surface area (Å²) >= 11 is 0. The van der Waals surface area contributed by atoms with Gasteiger partial charge in [0.25, 0.3) is 23.6 Å². The number of nitrogen functional groups attached to an aromatic ring is 2. The minimum Gasteiger partial charge on any atom is -0.412 e. The van der Waals surface area contributed by atoms with Crippen molar-refractivity contribution >= 4 is 58.3 Å². The number of ether oxygens (including phenoxy) is 1. The third kappa shape index (κ3) is 14.9. The topological polar surface area (TPSA) is 202 Å². The summed E-state index contributed by atoms with van der Waals surface area (Å²) in [6.45, 7) is 0. The van der Waals surface area contributed by atoms with Crippen LogP contribution in [0.25, 0.3) is 22.3 Å². The summed E-state index contributed by atoms with van der Waals surface area (Å²) < 4.78 is 171. The highest BCUT2D eigenvalue weighted by atomic mass is 19.4. The van der Waals surface area contributed by atoms with Crippen LogP contribution in [0.1, 0.15) is 118 Å². The van der Waals surface area contributed by atoms with Gasteiger partial charge in [-0.3, -0.25) is 19.2 Å². The predicted octanol–water partition coefficient (Wildman–Crippen LogP) is 15.9. The van der Waals surface area contributed by atoms with E-state index in [4.69, 9.17) is 11.5 Å². The van der Waals surface area contributed by atoms with Gasteiger partial charge in [-0.05, 0) is 162 Å². The van der Waals surface area contributed by atoms with Crippen molar-refractivity contribution in [2.75, 3.05) is 21.3 Å². The maximum atomic E-state index is 14.7. The number of hydrogen-bond donors (Lipinski definition) is 2. The molecule has 12 nitrogen and oxygen atoms in total. The number of alkyl halides is 12. The molecule has 0 fully saturated rings. The number of cyclic esters (lactones) is 2. The highest BCUT2D eigenvalue weighted by Crippen LogP contribution is 2.48. The molecule has 100 heavy (non-hydrogen) atoms. The van der Waals surface area contributed by atoms with Gasteiger partial charge in [0.05, 0.1) is 67.0 Å². The molecular formula is C76H42F12N4O8. The molecule has 3 aliphatic heterocycles. The summed E-state index contributed by atoms with van der Waals surface area (Å²) in [5.41, 5.74) is 4.35. The summed E-state index contributed by atoms with van der Waals surface area (Å²) in [5, 5.41) is 0. The SMILES string of the molecule is Nc1ccc(-c2ccc(N)cc2C(F)(F)F)c(C(F)(F)F)c1.O.O=C1OC(=O)c2cc(C#Cc3ccccc3)ccc21.O=C1c2ccc(C#Cc3ccccc3)cc2C(=O)N1c1ccc(-c2ccc(N3C(=O)c4ccc(C#Cc5ccccc5)cc4C3=O)cc2C(F)(F)F)c(C(F)(F)F)c1. The van der Waals surface area contributed by atoms with Crippen LogP contribution in [0.5, 0.6) is 0 Å². The van der Waals surface area contributed by atoms with Gasteiger partial charge in [0.1, 0.15) is 0 Å². The molecule has 0 saturated carbocycles. The summed E-state index contributed by atoms with van der Waals surface area (Å²) in [7, 11) is 0. The van der Waals surface area contributed by atoms with Crippen LogP contribution in [0.2, 0.25) is 0 Å². The number of fused-ring (bicyclic) bond motifs is 3. The van der Waals surface area contributed by atoms with Gasteiger partial charge in [0, 0.05) is 44.8 Å². The summed E-state index contributed by atoms with van der Waals surface area (Å²) in [6.07, 6.45) is -20.2. The Balaban J connectivity index is 0.000000208. The lowest BCUT2D eigenvalue weighted by atomic mass is 9.93. The molecule has 0 radical (unpaired) electrons. The van der Waals surface area contributed by atoms with E-state index in [0.29, 0.717) is 67.4 Å². The third-order valence-electron chi connectivity index (χ3n) is 15.2. The zero-order chi connectivity index (χ0) is 70.9. The number of rotatable bonds is 4. The van der Waals surface area contributed by atoms with Crippen molar-refractivity contribution in [2.24, 2.45) is 0 Å². The van der Waals surface area contributed by atoms with Crippen LogP contribution in [-0.4, -0.2) is 41.0 Å². The van der Waals surface area contributed by atoms with Crippen LogP contribution in [0.3, 0.4) is 0 Å². The average molecular weight is 1370 g/mol. The van der Waals surface area contributed by atoms with Gasteiger partial charge in [0.2, 0.25) is 0 Å². The fourth-order valence-electron chi connectivity index (χ4n) is 10.6. The van der Waals surface area contributed by atoms with Gasteiger partial charge in [-0.25, -0.2) is 19.4 Å². The second kappa shape index (κ2) is 27.6. The standard InChI is InChI=1S/C46H22F6N2O4.C16H8O3.C14H10F6N2.H2O/c47-45(48,49)39-25-31(53-41(55)35-19-15-29(23-37(35)43(53)57)13-11-27-7-3-1-4-8-27)17-21-33(39)34-22-18-32(26-40(34)46(50,51)52)54-42(56)36-20-16-30(24-38(36)44(54)58)14-12-28-9-5-2-6-10-28;17-15-13-9-8-12(10-14(13)16(18)19-15)7-6-11-4-2-1-3-5-11;15-13(16,17)11-5-7(21)1-3-9(11)10-4-2-8(22)6-12(10)14(18,19)20;/h1-10,15-26H;1-5,8-10H;1-6H,21-22H2;1H2. The van der Waals surface area contributed by atoms with E-state index in [-0.39, 0.29) is 44.7 Å². The molecule has 0 bridgehead atoms. The van der Waals surface area contributed by atoms with E-state index in [1.54, 1.807) is 66.7 Å². The predicted molar refractivity (Wildman–Crippen MR) is 345 cm³/mol. The third-order valence-corrected chi connectivity index (χ3v) is 15.2. The van der Waals surface area contributed by atoms with Crippen LogP contribution in [0, 0.1) is 35.5 Å². The monoisotopic (exact) mass is 1370 g/mol. The number of hydrogen-bond acceptors (Lipinski definition) is 9. The Labute approximate surface area is 559 Å². The van der Waals surface area contributed by atoms with Gasteiger partial charge in [-0.15, -0.1) is 0 Å². The van der Waals surface area contributed by atoms with Crippen molar-refractivity contribution in [1.82, 2.24) is 0 Å². The number of nitrogens with two attached hydrogens (primary N) is 2. The molecule has 24 heteroatoms. The molecule has 0 saturated heterocycles. The minimum atomic E-state index is -5.27. The first-order chi connectivity index (χ1) is 46.9. The van der Waals surface area contributed by atoms with Gasteiger partial charge in [-0.1, -0.05) is 114 Å². The number of carbonyl (C=O) groups is 6. The lowest BCUT2D eigenvalue weighted by molar-refractivity contribution is -0.139. The van der Waals surface area contributed by atoms with Gasteiger partial charge in [0.15, 0.2) is 0 Å². The van der Waals surface area contributed by atoms with Crippen molar-refractivity contribution in [3.63, 3.8) is 0 Å². The Morgan fingerprint density at radius 1 is 0.270 bits per heavy atom. The number of benzene rings is 10. The molecule has 0 spiro atoms. The Morgan fingerprint density at radius 3 is 0.860 bits per heavy atom. The number of halogens is 12. The molecule has 6 N–H and O–H groups in total. The molecule has 0 atom stereocenters. The molecule has 10 aromatic carbocycles. The Morgan fingerprint density at radius 2 is 0.530 bits per heavy atom. The van der Waals surface area contributed by atoms with Gasteiger partial charge < -0.3 is 21.7 Å². The molecule has 0 aliphatic carbocycles. The molecular weight excluding hydrogens is 1320 g/mol.